The van der Waals surface area contributed by atoms with E-state index in [1.54, 1.807) is 24.5 Å². The Labute approximate surface area is 154 Å². The first-order valence-electron chi connectivity index (χ1n) is 7.99. The lowest BCUT2D eigenvalue weighted by Crippen LogP contribution is -2.19. The summed E-state index contributed by atoms with van der Waals surface area (Å²) in [7, 11) is 0. The van der Waals surface area contributed by atoms with Gasteiger partial charge in [-0.15, -0.1) is 10.2 Å². The van der Waals surface area contributed by atoms with E-state index in [2.05, 4.69) is 15.2 Å². The summed E-state index contributed by atoms with van der Waals surface area (Å²) < 4.78 is 1.90. The number of fused-ring (bicyclic) bond motifs is 3. The fourth-order valence-corrected chi connectivity index (χ4v) is 3.35. The van der Waals surface area contributed by atoms with Crippen LogP contribution in [-0.4, -0.2) is 26.6 Å². The number of hydrogen-bond acceptors (Lipinski definition) is 5. The number of isocyanates is 1. The Bertz CT molecular complexity index is 1090. The largest absolute Gasteiger partial charge is 0.283 e. The van der Waals surface area contributed by atoms with Gasteiger partial charge < -0.3 is 0 Å². The minimum absolute atomic E-state index is 0.493. The number of aromatic nitrogens is 3. The van der Waals surface area contributed by atoms with Gasteiger partial charge in [0.05, 0.1) is 17.1 Å². The number of benzene rings is 2. The zero-order chi connectivity index (χ0) is 18.3. The minimum Gasteiger partial charge on any atom is -0.283 e. The van der Waals surface area contributed by atoms with Crippen molar-refractivity contribution >= 4 is 29.1 Å². The molecule has 7 heteroatoms. The number of carbonyl (C=O) groups excluding carboxylic acids is 1. The fourth-order valence-electron chi connectivity index (χ4n) is 3.12. The Kier molecular flexibility index (Phi) is 3.80. The van der Waals surface area contributed by atoms with Crippen LogP contribution in [0.5, 0.6) is 0 Å². The van der Waals surface area contributed by atoms with Gasteiger partial charge >= 0.3 is 0 Å². The molecular weight excluding hydrogens is 350 g/mol. The van der Waals surface area contributed by atoms with Crippen molar-refractivity contribution in [3.05, 3.63) is 70.8 Å². The molecule has 4 rings (SSSR count). The van der Waals surface area contributed by atoms with E-state index in [0.29, 0.717) is 22.2 Å². The van der Waals surface area contributed by atoms with Crippen molar-refractivity contribution in [1.29, 1.82) is 0 Å². The van der Waals surface area contributed by atoms with Crippen molar-refractivity contribution < 1.29 is 4.79 Å². The van der Waals surface area contributed by atoms with Crippen LogP contribution in [0.2, 0.25) is 5.02 Å². The van der Waals surface area contributed by atoms with Crippen LogP contribution in [0.25, 0.3) is 5.69 Å². The maximum atomic E-state index is 10.7. The third-order valence-corrected chi connectivity index (χ3v) is 4.61. The first kappa shape index (κ1) is 16.4. The summed E-state index contributed by atoms with van der Waals surface area (Å²) in [4.78, 5) is 19.4. The van der Waals surface area contributed by atoms with Gasteiger partial charge in [0.2, 0.25) is 6.08 Å². The highest BCUT2D eigenvalue weighted by Crippen LogP contribution is 2.35. The Morgan fingerprint density at radius 2 is 1.96 bits per heavy atom. The van der Waals surface area contributed by atoms with Crippen molar-refractivity contribution in [2.24, 2.45) is 9.98 Å². The van der Waals surface area contributed by atoms with Crippen LogP contribution in [-0.2, 0) is 10.3 Å². The second kappa shape index (κ2) is 6.02. The van der Waals surface area contributed by atoms with Gasteiger partial charge in [0, 0.05) is 16.1 Å². The van der Waals surface area contributed by atoms with E-state index < -0.39 is 5.54 Å². The van der Waals surface area contributed by atoms with Crippen LogP contribution in [0.15, 0.2) is 58.8 Å². The summed E-state index contributed by atoms with van der Waals surface area (Å²) in [6, 6.07) is 12.9. The van der Waals surface area contributed by atoms with Gasteiger partial charge in [-0.25, -0.2) is 4.79 Å². The Hall–Kier alpha value is -3.08. The Morgan fingerprint density at radius 3 is 2.73 bits per heavy atom. The van der Waals surface area contributed by atoms with E-state index in [-0.39, 0.29) is 0 Å². The highest BCUT2D eigenvalue weighted by Gasteiger charge is 2.32. The summed E-state index contributed by atoms with van der Waals surface area (Å²) >= 11 is 6.46. The monoisotopic (exact) mass is 363 g/mol. The molecular formula is C19H14ClN5O. The maximum Gasteiger partial charge on any atom is 0.240 e. The predicted octanol–water partition coefficient (Wildman–Crippen LogP) is 3.97. The standard InChI is InChI=1S/C19H14ClN5O/c1-19(2)18-24-22-10-25(18)16-8-7-12(21-11-26)9-14(16)17(23-19)13-5-3-4-6-15(13)20/h3-10H,1-2H3. The Balaban J connectivity index is 2.09. The molecule has 0 radical (unpaired) electrons. The van der Waals surface area contributed by atoms with Gasteiger partial charge in [0.1, 0.15) is 11.9 Å². The number of aliphatic imine (C=N–C) groups is 2. The SMILES string of the molecule is CC1(C)N=C(c2ccccc2Cl)c2cc(N=C=O)ccc2-n2cnnc21. The van der Waals surface area contributed by atoms with Crippen molar-refractivity contribution in [3.63, 3.8) is 0 Å². The lowest BCUT2D eigenvalue weighted by molar-refractivity contribution is 0.510. The number of halogens is 1. The molecule has 1 aliphatic rings. The van der Waals surface area contributed by atoms with E-state index >= 15 is 0 Å². The average molecular weight is 364 g/mol. The molecule has 128 valence electrons. The zero-order valence-electron chi connectivity index (χ0n) is 14.1. The van der Waals surface area contributed by atoms with E-state index in [9.17, 15) is 4.79 Å². The van der Waals surface area contributed by atoms with Crippen LogP contribution in [0, 0.1) is 0 Å². The molecule has 0 saturated carbocycles. The van der Waals surface area contributed by atoms with E-state index in [1.807, 2.05) is 48.7 Å². The van der Waals surface area contributed by atoms with Crippen molar-refractivity contribution in [3.8, 4) is 5.69 Å². The van der Waals surface area contributed by atoms with Gasteiger partial charge in [-0.1, -0.05) is 29.8 Å². The molecule has 2 heterocycles. The predicted molar refractivity (Wildman–Crippen MR) is 99.3 cm³/mol. The normalized spacial score (nSPS) is 14.5. The fraction of sp³-hybridized carbons (Fsp3) is 0.158. The van der Waals surface area contributed by atoms with Gasteiger partial charge in [0.15, 0.2) is 5.82 Å². The summed E-state index contributed by atoms with van der Waals surface area (Å²) in [6.45, 7) is 3.95. The van der Waals surface area contributed by atoms with Gasteiger partial charge in [-0.3, -0.25) is 9.56 Å². The molecule has 0 aliphatic carbocycles. The average Bonchev–Trinajstić information content (AvgIpc) is 3.08. The van der Waals surface area contributed by atoms with Crippen LogP contribution in [0.4, 0.5) is 5.69 Å². The van der Waals surface area contributed by atoms with Crippen molar-refractivity contribution in [1.82, 2.24) is 14.8 Å². The third-order valence-electron chi connectivity index (χ3n) is 4.28. The second-order valence-corrected chi connectivity index (χ2v) is 6.84. The van der Waals surface area contributed by atoms with Crippen molar-refractivity contribution in [2.75, 3.05) is 0 Å². The van der Waals surface area contributed by atoms with E-state index in [1.165, 1.54) is 0 Å². The second-order valence-electron chi connectivity index (χ2n) is 6.43. The molecule has 0 fully saturated rings. The minimum atomic E-state index is -0.627. The molecule has 6 nitrogen and oxygen atoms in total. The number of rotatable bonds is 2. The maximum absolute atomic E-state index is 10.7. The van der Waals surface area contributed by atoms with Crippen LogP contribution >= 0.6 is 11.6 Å². The first-order chi connectivity index (χ1) is 12.5. The summed E-state index contributed by atoms with van der Waals surface area (Å²) in [5, 5.41) is 8.90. The summed E-state index contributed by atoms with van der Waals surface area (Å²) in [5.74, 6) is 0.715. The quantitative estimate of drug-likeness (QED) is 0.510. The number of hydrogen-bond donors (Lipinski definition) is 0. The number of nitrogens with zero attached hydrogens (tertiary/aromatic N) is 5. The molecule has 26 heavy (non-hydrogen) atoms. The summed E-state index contributed by atoms with van der Waals surface area (Å²) in [5.41, 5.74) is 3.02. The zero-order valence-corrected chi connectivity index (χ0v) is 14.9. The lowest BCUT2D eigenvalue weighted by Gasteiger charge is -2.18. The third kappa shape index (κ3) is 2.56. The molecule has 1 aliphatic heterocycles. The lowest BCUT2D eigenvalue weighted by atomic mass is 9.99. The molecule has 0 spiro atoms. The molecule has 0 saturated heterocycles. The first-order valence-corrected chi connectivity index (χ1v) is 8.37. The van der Waals surface area contributed by atoms with Crippen LogP contribution < -0.4 is 0 Å². The summed E-state index contributed by atoms with van der Waals surface area (Å²) in [6.07, 6.45) is 3.24. The van der Waals surface area contributed by atoms with E-state index in [0.717, 1.165) is 16.8 Å². The van der Waals surface area contributed by atoms with Crippen LogP contribution in [0.3, 0.4) is 0 Å². The molecule has 3 aromatic rings. The van der Waals surface area contributed by atoms with Crippen LogP contribution in [0.1, 0.15) is 30.8 Å². The topological polar surface area (TPSA) is 72.5 Å². The molecule has 1 aromatic heterocycles. The Morgan fingerprint density at radius 1 is 1.15 bits per heavy atom. The van der Waals surface area contributed by atoms with E-state index in [4.69, 9.17) is 16.6 Å². The van der Waals surface area contributed by atoms with Crippen molar-refractivity contribution in [2.45, 2.75) is 19.4 Å². The van der Waals surface area contributed by atoms with Gasteiger partial charge in [-0.05, 0) is 38.1 Å². The molecule has 0 bridgehead atoms. The van der Waals surface area contributed by atoms with Gasteiger partial charge in [-0.2, -0.15) is 4.99 Å². The molecule has 0 N–H and O–H groups in total. The smallest absolute Gasteiger partial charge is 0.240 e. The van der Waals surface area contributed by atoms with Gasteiger partial charge in [0.25, 0.3) is 0 Å². The molecule has 2 aromatic carbocycles. The molecule has 0 atom stereocenters. The highest BCUT2D eigenvalue weighted by atomic mass is 35.5. The molecule has 0 amide bonds. The molecule has 0 unspecified atom stereocenters. The highest BCUT2D eigenvalue weighted by molar-refractivity contribution is 6.35.